The minimum Gasteiger partial charge on any atom is -0.478 e. The number of carboxylic acid groups (broad SMARTS) is 1. The van der Waals surface area contributed by atoms with E-state index in [4.69, 9.17) is 5.11 Å². The first-order chi connectivity index (χ1) is 11.1. The summed E-state index contributed by atoms with van der Waals surface area (Å²) in [4.78, 5) is 10.5. The molecule has 0 atom stereocenters. The molecule has 2 aromatic carbocycles. The Bertz CT molecular complexity index is 634. The van der Waals surface area contributed by atoms with Crippen molar-refractivity contribution >= 4 is 18.1 Å². The van der Waals surface area contributed by atoms with Crippen molar-refractivity contribution in [2.75, 3.05) is 0 Å². The molecule has 0 bridgehead atoms. The van der Waals surface area contributed by atoms with Gasteiger partial charge in [-0.05, 0) is 17.2 Å². The van der Waals surface area contributed by atoms with Gasteiger partial charge < -0.3 is 5.11 Å². The molecule has 0 heterocycles. The van der Waals surface area contributed by atoms with Gasteiger partial charge in [-0.3, -0.25) is 0 Å². The van der Waals surface area contributed by atoms with E-state index in [0.29, 0.717) is 11.1 Å². The predicted octanol–water partition coefficient (Wildman–Crippen LogP) is 5.72. The second-order valence-electron chi connectivity index (χ2n) is 4.18. The molecule has 2 nitrogen and oxygen atoms in total. The number of hydrogen-bond donors (Lipinski definition) is 1. The zero-order valence-corrected chi connectivity index (χ0v) is 13.2. The Labute approximate surface area is 138 Å². The molecule has 0 aromatic heterocycles. The maximum atomic E-state index is 10.5. The quantitative estimate of drug-likeness (QED) is 0.734. The molecular weight excluding hydrogens is 284 g/mol. The minimum atomic E-state index is -0.916. The molecule has 0 unspecified atom stereocenters. The fourth-order valence-electron chi connectivity index (χ4n) is 1.46. The van der Waals surface area contributed by atoms with E-state index in [9.17, 15) is 4.79 Å². The predicted molar refractivity (Wildman–Crippen MR) is 100 cm³/mol. The third-order valence-corrected chi connectivity index (χ3v) is 2.61. The lowest BCUT2D eigenvalue weighted by Crippen LogP contribution is -1.98. The van der Waals surface area contributed by atoms with Gasteiger partial charge in [-0.15, -0.1) is 0 Å². The molecule has 0 fully saturated rings. The second kappa shape index (κ2) is 12.6. The van der Waals surface area contributed by atoms with Crippen LogP contribution >= 0.6 is 0 Å². The second-order valence-corrected chi connectivity index (χ2v) is 4.18. The first kappa shape index (κ1) is 19.9. The Morgan fingerprint density at radius 2 is 1.30 bits per heavy atom. The van der Waals surface area contributed by atoms with E-state index in [2.05, 4.69) is 26.3 Å². The van der Waals surface area contributed by atoms with Crippen LogP contribution in [0.2, 0.25) is 0 Å². The van der Waals surface area contributed by atoms with Crippen LogP contribution in [0, 0.1) is 0 Å². The number of aromatic carboxylic acids is 1. The Morgan fingerprint density at radius 1 is 0.783 bits per heavy atom. The van der Waals surface area contributed by atoms with Crippen LogP contribution in [0.5, 0.6) is 0 Å². The molecule has 0 aliphatic carbocycles. The highest BCUT2D eigenvalue weighted by atomic mass is 16.4. The van der Waals surface area contributed by atoms with Gasteiger partial charge in [0.2, 0.25) is 0 Å². The van der Waals surface area contributed by atoms with E-state index in [1.165, 1.54) is 11.6 Å². The third kappa shape index (κ3) is 8.68. The van der Waals surface area contributed by atoms with Gasteiger partial charge in [0.15, 0.2) is 0 Å². The third-order valence-electron chi connectivity index (χ3n) is 2.61. The van der Waals surface area contributed by atoms with Crippen molar-refractivity contribution in [1.29, 1.82) is 0 Å². The van der Waals surface area contributed by atoms with Crippen molar-refractivity contribution < 1.29 is 9.90 Å². The number of hydrogen-bond acceptors (Lipinski definition) is 1. The molecule has 23 heavy (non-hydrogen) atoms. The Morgan fingerprint density at radius 3 is 1.65 bits per heavy atom. The summed E-state index contributed by atoms with van der Waals surface area (Å²) in [5.74, 6) is -0.916. The van der Waals surface area contributed by atoms with E-state index in [1.54, 1.807) is 36.4 Å². The zero-order chi connectivity index (χ0) is 17.5. The average Bonchev–Trinajstić information content (AvgIpc) is 2.63. The van der Waals surface area contributed by atoms with Crippen LogP contribution in [0.15, 0.2) is 93.1 Å². The first-order valence-corrected chi connectivity index (χ1v) is 6.96. The highest BCUT2D eigenvalue weighted by molar-refractivity contribution is 5.91. The molecule has 0 aliphatic heterocycles. The number of rotatable bonds is 4. The minimum absolute atomic E-state index is 0.294. The lowest BCUT2D eigenvalue weighted by Gasteiger charge is -1.97. The highest BCUT2D eigenvalue weighted by Crippen LogP contribution is 2.08. The van der Waals surface area contributed by atoms with Gasteiger partial charge in [0.05, 0.1) is 5.56 Å². The average molecular weight is 306 g/mol. The topological polar surface area (TPSA) is 37.3 Å². The van der Waals surface area contributed by atoms with Gasteiger partial charge in [0.1, 0.15) is 0 Å². The van der Waals surface area contributed by atoms with E-state index in [-0.39, 0.29) is 0 Å². The fourth-order valence-corrected chi connectivity index (χ4v) is 1.46. The van der Waals surface area contributed by atoms with Gasteiger partial charge in [0, 0.05) is 0 Å². The summed E-state index contributed by atoms with van der Waals surface area (Å²) in [5.41, 5.74) is 2.12. The van der Waals surface area contributed by atoms with Gasteiger partial charge >= 0.3 is 5.97 Å². The Balaban J connectivity index is 0.000000354. The number of allylic oxidation sites excluding steroid dienone is 2. The lowest BCUT2D eigenvalue weighted by atomic mass is 10.1. The molecule has 1 N–H and O–H groups in total. The van der Waals surface area contributed by atoms with Crippen LogP contribution in [-0.2, 0) is 0 Å². The van der Waals surface area contributed by atoms with Crippen molar-refractivity contribution in [3.05, 3.63) is 110 Å². The highest BCUT2D eigenvalue weighted by Gasteiger charge is 2.04. The zero-order valence-electron chi connectivity index (χ0n) is 13.2. The van der Waals surface area contributed by atoms with Crippen molar-refractivity contribution in [1.82, 2.24) is 0 Å². The van der Waals surface area contributed by atoms with Crippen LogP contribution in [-0.4, -0.2) is 11.1 Å². The summed E-state index contributed by atoms with van der Waals surface area (Å²) < 4.78 is 0. The molecule has 0 spiro atoms. The van der Waals surface area contributed by atoms with Crippen LogP contribution in [0.25, 0.3) is 12.2 Å². The summed E-state index contributed by atoms with van der Waals surface area (Å²) in [5, 5.41) is 8.65. The maximum Gasteiger partial charge on any atom is 0.336 e. The molecule has 0 saturated heterocycles. The van der Waals surface area contributed by atoms with Crippen LogP contribution in [0.1, 0.15) is 21.5 Å². The molecule has 2 rings (SSSR count). The van der Waals surface area contributed by atoms with Crippen molar-refractivity contribution in [3.63, 3.8) is 0 Å². The van der Waals surface area contributed by atoms with Crippen LogP contribution in [0.3, 0.4) is 0 Å². The number of carboxylic acids is 1. The standard InChI is InChI=1S/C9H8O2.C8H8.C4H6/c1-2-7-5-3-4-6-8(7)9(10)11;1-2-8-6-4-3-5-7-8;1-3-4-2/h2-6H,1H2,(H,10,11);2-7H,1H2;3-4H,1-2H2. The number of benzene rings is 2. The Hall–Kier alpha value is -3.13. The van der Waals surface area contributed by atoms with E-state index in [0.717, 1.165) is 0 Å². The summed E-state index contributed by atoms with van der Waals surface area (Å²) in [6.07, 6.45) is 6.64. The van der Waals surface area contributed by atoms with E-state index in [1.807, 2.05) is 36.4 Å². The number of carbonyl (C=O) groups is 1. The molecular formula is C21H22O2. The molecule has 2 aromatic rings. The van der Waals surface area contributed by atoms with Crippen molar-refractivity contribution in [3.8, 4) is 0 Å². The van der Waals surface area contributed by atoms with Gasteiger partial charge in [-0.25, -0.2) is 4.79 Å². The smallest absolute Gasteiger partial charge is 0.336 e. The van der Waals surface area contributed by atoms with Gasteiger partial charge in [-0.1, -0.05) is 99.2 Å². The SMILES string of the molecule is C=CC=C.C=Cc1ccccc1.C=Cc1ccccc1C(=O)O. The first-order valence-electron chi connectivity index (χ1n) is 6.96. The summed E-state index contributed by atoms with van der Waals surface area (Å²) in [6, 6.07) is 16.8. The van der Waals surface area contributed by atoms with E-state index >= 15 is 0 Å². The van der Waals surface area contributed by atoms with Crippen LogP contribution in [0.4, 0.5) is 0 Å². The van der Waals surface area contributed by atoms with Crippen LogP contribution < -0.4 is 0 Å². The molecule has 0 amide bonds. The van der Waals surface area contributed by atoms with Gasteiger partial charge in [0.25, 0.3) is 0 Å². The molecule has 0 saturated carbocycles. The monoisotopic (exact) mass is 306 g/mol. The van der Waals surface area contributed by atoms with Crippen molar-refractivity contribution in [2.45, 2.75) is 0 Å². The fraction of sp³-hybridized carbons (Fsp3) is 0. The summed E-state index contributed by atoms with van der Waals surface area (Å²) >= 11 is 0. The maximum absolute atomic E-state index is 10.5. The molecule has 2 heteroatoms. The molecule has 0 aliphatic rings. The summed E-state index contributed by atoms with van der Waals surface area (Å²) in [6.45, 7) is 13.9. The molecule has 118 valence electrons. The van der Waals surface area contributed by atoms with Gasteiger partial charge in [-0.2, -0.15) is 0 Å². The summed E-state index contributed by atoms with van der Waals surface area (Å²) in [7, 11) is 0. The van der Waals surface area contributed by atoms with E-state index < -0.39 is 5.97 Å². The largest absolute Gasteiger partial charge is 0.478 e. The Kier molecular flexibility index (Phi) is 10.9. The normalized spacial score (nSPS) is 8.17. The van der Waals surface area contributed by atoms with Crippen molar-refractivity contribution in [2.24, 2.45) is 0 Å². The lowest BCUT2D eigenvalue weighted by molar-refractivity contribution is 0.0696. The molecule has 0 radical (unpaired) electrons.